The van der Waals surface area contributed by atoms with Gasteiger partial charge in [-0.25, -0.2) is 0 Å². The number of piperidine rings is 3. The van der Waals surface area contributed by atoms with Gasteiger partial charge in [0.2, 0.25) is 6.79 Å². The maximum Gasteiger partial charge on any atom is 0.231 e. The number of hydrogen-bond acceptors (Lipinski definition) is 5. The van der Waals surface area contributed by atoms with Crippen LogP contribution in [0.4, 0.5) is 0 Å². The summed E-state index contributed by atoms with van der Waals surface area (Å²) in [6.45, 7) is 7.01. The van der Waals surface area contributed by atoms with Gasteiger partial charge in [-0.05, 0) is 41.8 Å². The Labute approximate surface area is 222 Å². The van der Waals surface area contributed by atoms with Crippen LogP contribution in [0, 0.1) is 11.8 Å². The van der Waals surface area contributed by atoms with E-state index >= 15 is 0 Å². The van der Waals surface area contributed by atoms with Gasteiger partial charge >= 0.3 is 0 Å². The van der Waals surface area contributed by atoms with E-state index in [4.69, 9.17) is 25.8 Å². The first-order valence-electron chi connectivity index (χ1n) is 12.2. The van der Waals surface area contributed by atoms with Crippen molar-refractivity contribution in [3.05, 3.63) is 71.4 Å². The number of hydrogen-bond donors (Lipinski definition) is 1. The van der Waals surface area contributed by atoms with Crippen molar-refractivity contribution in [3.63, 3.8) is 0 Å². The van der Waals surface area contributed by atoms with E-state index in [1.807, 2.05) is 36.4 Å². The predicted molar refractivity (Wildman–Crippen MR) is 135 cm³/mol. The zero-order valence-electron chi connectivity index (χ0n) is 20.2. The number of nitrogens with zero attached hydrogens (tertiary/aromatic N) is 2. The molecular formula is C28H30Cl2N2O4. The molecule has 2 bridgehead atoms. The molecule has 3 fully saturated rings. The highest BCUT2D eigenvalue weighted by Crippen LogP contribution is 2.49. The van der Waals surface area contributed by atoms with Crippen LogP contribution in [0.2, 0.25) is 5.02 Å². The zero-order valence-corrected chi connectivity index (χ0v) is 21.7. The average molecular weight is 529 g/mol. The minimum atomic E-state index is -0.644. The van der Waals surface area contributed by atoms with E-state index in [1.165, 1.54) is 0 Å². The minimum Gasteiger partial charge on any atom is -1.00 e. The Kier molecular flexibility index (Phi) is 6.81. The molecule has 8 heteroatoms. The largest absolute Gasteiger partial charge is 1.00 e. The first-order chi connectivity index (χ1) is 17.0. The molecule has 1 unspecified atom stereocenters. The van der Waals surface area contributed by atoms with Gasteiger partial charge in [0, 0.05) is 42.0 Å². The Morgan fingerprint density at radius 3 is 2.83 bits per heavy atom. The topological polar surface area (TPSA) is 60.8 Å². The summed E-state index contributed by atoms with van der Waals surface area (Å²) in [6.07, 6.45) is 5.30. The molecule has 0 amide bonds. The van der Waals surface area contributed by atoms with Crippen molar-refractivity contribution in [2.45, 2.75) is 31.5 Å². The molecule has 2 aromatic carbocycles. The van der Waals surface area contributed by atoms with E-state index in [0.717, 1.165) is 70.5 Å². The molecule has 190 valence electrons. The van der Waals surface area contributed by atoms with Crippen molar-refractivity contribution in [1.82, 2.24) is 4.98 Å². The van der Waals surface area contributed by atoms with Gasteiger partial charge in [-0.15, -0.1) is 6.58 Å². The summed E-state index contributed by atoms with van der Waals surface area (Å²) in [7, 11) is 1.66. The van der Waals surface area contributed by atoms with Crippen LogP contribution in [0.25, 0.3) is 10.9 Å². The number of quaternary nitrogens is 1. The highest BCUT2D eigenvalue weighted by Gasteiger charge is 2.54. The summed E-state index contributed by atoms with van der Waals surface area (Å²) >= 11 is 6.73. The lowest BCUT2D eigenvalue weighted by molar-refractivity contribution is -0.984. The number of aromatic nitrogens is 1. The molecule has 0 radical (unpaired) electrons. The van der Waals surface area contributed by atoms with E-state index in [0.29, 0.717) is 22.6 Å². The molecule has 1 aromatic heterocycles. The Balaban J connectivity index is 0.00000267. The van der Waals surface area contributed by atoms with Crippen molar-refractivity contribution >= 4 is 22.5 Å². The molecule has 36 heavy (non-hydrogen) atoms. The van der Waals surface area contributed by atoms with Crippen LogP contribution < -0.4 is 26.6 Å². The van der Waals surface area contributed by atoms with Gasteiger partial charge < -0.3 is 36.2 Å². The normalized spacial score (nSPS) is 26.9. The lowest BCUT2D eigenvalue weighted by atomic mass is 9.71. The fraction of sp³-hybridized carbons (Fsp3) is 0.393. The standard InChI is InChI=1S/C28H30ClN2O4.ClH/c1-3-17-14-31(15-19-11-26-27(13-23(19)29)35-16-34-26)9-7-18(17)10-25(31)28(32)21-6-8-30-24-5-4-20(33-2)12-22(21)24;/h3-6,8,11-13,17-18,25,28,32H,1,7,9-10,14-16H2,2H3;1H/q+1;/p-1/t17-,18-,25-,28+,31?;/m0./s1. The molecule has 5 atom stereocenters. The Morgan fingerprint density at radius 2 is 2.06 bits per heavy atom. The molecule has 6 nitrogen and oxygen atoms in total. The molecule has 0 spiro atoms. The summed E-state index contributed by atoms with van der Waals surface area (Å²) in [4.78, 5) is 4.52. The minimum absolute atomic E-state index is 0. The summed E-state index contributed by atoms with van der Waals surface area (Å²) in [5.41, 5.74) is 2.78. The molecule has 4 aliphatic heterocycles. The number of fused-ring (bicyclic) bond motifs is 5. The van der Waals surface area contributed by atoms with Crippen LogP contribution in [-0.2, 0) is 6.54 Å². The van der Waals surface area contributed by atoms with Crippen LogP contribution in [0.5, 0.6) is 17.2 Å². The first kappa shape index (κ1) is 25.2. The third-order valence-electron chi connectivity index (χ3n) is 8.37. The second-order valence-electron chi connectivity index (χ2n) is 10.1. The first-order valence-corrected chi connectivity index (χ1v) is 12.6. The maximum atomic E-state index is 12.0. The lowest BCUT2D eigenvalue weighted by Crippen LogP contribution is -3.00. The number of benzene rings is 2. The van der Waals surface area contributed by atoms with Crippen LogP contribution in [0.1, 0.15) is 30.1 Å². The highest BCUT2D eigenvalue weighted by atomic mass is 35.5. The predicted octanol–water partition coefficient (Wildman–Crippen LogP) is 2.27. The van der Waals surface area contributed by atoms with Crippen LogP contribution >= 0.6 is 11.6 Å². The Morgan fingerprint density at radius 1 is 1.25 bits per heavy atom. The van der Waals surface area contributed by atoms with Gasteiger partial charge in [0.25, 0.3) is 0 Å². The number of ether oxygens (including phenoxy) is 3. The molecule has 5 heterocycles. The number of halogens is 2. The molecule has 0 aliphatic carbocycles. The lowest BCUT2D eigenvalue weighted by Gasteiger charge is -2.58. The van der Waals surface area contributed by atoms with Crippen molar-refractivity contribution < 1.29 is 36.2 Å². The number of methoxy groups -OCH3 is 1. The van der Waals surface area contributed by atoms with Crippen molar-refractivity contribution in [3.8, 4) is 17.2 Å². The van der Waals surface area contributed by atoms with E-state index < -0.39 is 6.10 Å². The molecule has 1 N–H and O–H groups in total. The van der Waals surface area contributed by atoms with E-state index in [1.54, 1.807) is 13.3 Å². The summed E-state index contributed by atoms with van der Waals surface area (Å²) in [5.74, 6) is 3.14. The molecule has 3 saturated heterocycles. The summed E-state index contributed by atoms with van der Waals surface area (Å²) in [5, 5.41) is 13.6. The van der Waals surface area contributed by atoms with Crippen LogP contribution in [0.3, 0.4) is 0 Å². The van der Waals surface area contributed by atoms with Crippen LogP contribution in [-0.4, -0.2) is 47.6 Å². The quantitative estimate of drug-likeness (QED) is 0.393. The average Bonchev–Trinajstić information content (AvgIpc) is 3.34. The third kappa shape index (κ3) is 4.10. The smallest absolute Gasteiger partial charge is 0.231 e. The summed E-state index contributed by atoms with van der Waals surface area (Å²) in [6, 6.07) is 11.7. The van der Waals surface area contributed by atoms with Crippen molar-refractivity contribution in [1.29, 1.82) is 0 Å². The Bertz CT molecular complexity index is 1300. The van der Waals surface area contributed by atoms with Gasteiger partial charge in [-0.1, -0.05) is 17.7 Å². The van der Waals surface area contributed by atoms with Crippen molar-refractivity contribution in [2.24, 2.45) is 11.8 Å². The Hall–Kier alpha value is -2.51. The van der Waals surface area contributed by atoms with E-state index in [-0.39, 0.29) is 25.2 Å². The molecule has 3 aromatic rings. The SMILES string of the molecule is C=C[C@H]1C[N+]2(Cc3cc4c(cc3Cl)OCO4)CC[C@H]1C[C@H]2[C@H](O)c1ccnc2ccc(OC)cc12.[Cl-]. The second kappa shape index (κ2) is 9.75. The molecule has 4 aliphatic rings. The molecular weight excluding hydrogens is 499 g/mol. The maximum absolute atomic E-state index is 12.0. The number of aliphatic hydroxyl groups is 1. The molecule has 7 rings (SSSR count). The summed E-state index contributed by atoms with van der Waals surface area (Å²) < 4.78 is 17.4. The molecule has 0 saturated carbocycles. The fourth-order valence-electron chi connectivity index (χ4n) is 6.54. The van der Waals surface area contributed by atoms with Gasteiger partial charge in [0.15, 0.2) is 11.5 Å². The van der Waals surface area contributed by atoms with Gasteiger partial charge in [-0.3, -0.25) is 4.98 Å². The zero-order chi connectivity index (χ0) is 24.2. The number of rotatable bonds is 6. The monoisotopic (exact) mass is 528 g/mol. The number of aliphatic hydroxyl groups excluding tert-OH is 1. The highest BCUT2D eigenvalue weighted by molar-refractivity contribution is 6.31. The van der Waals surface area contributed by atoms with E-state index in [9.17, 15) is 5.11 Å². The second-order valence-corrected chi connectivity index (χ2v) is 10.5. The fourth-order valence-corrected chi connectivity index (χ4v) is 6.75. The van der Waals surface area contributed by atoms with Gasteiger partial charge in [0.05, 0.1) is 30.7 Å². The third-order valence-corrected chi connectivity index (χ3v) is 8.72. The van der Waals surface area contributed by atoms with Crippen molar-refractivity contribution in [2.75, 3.05) is 27.0 Å². The van der Waals surface area contributed by atoms with Gasteiger partial charge in [0.1, 0.15) is 24.4 Å². The van der Waals surface area contributed by atoms with Crippen LogP contribution in [0.15, 0.2) is 55.3 Å². The number of pyridine rings is 1. The van der Waals surface area contributed by atoms with E-state index in [2.05, 4.69) is 17.6 Å². The van der Waals surface area contributed by atoms with Gasteiger partial charge in [-0.2, -0.15) is 0 Å².